The first-order chi connectivity index (χ1) is 15.5. The molecule has 0 fully saturated rings. The molecule has 0 radical (unpaired) electrons. The highest BCUT2D eigenvalue weighted by atomic mass is 32.2. The zero-order valence-electron chi connectivity index (χ0n) is 17.7. The Balaban J connectivity index is 1.63. The maximum Gasteiger partial charge on any atom is 0.241 e. The van der Waals surface area contributed by atoms with Crippen molar-refractivity contribution in [2.45, 2.75) is 17.4 Å². The van der Waals surface area contributed by atoms with Gasteiger partial charge in [0.1, 0.15) is 5.75 Å². The van der Waals surface area contributed by atoms with E-state index in [1.807, 2.05) is 66.7 Å². The standard InChI is InChI=1S/C26H24N2O3S/c1-31-23-14-12-22(13-15-23)25-18-20(16-17-27-25)19-26(21-8-4-2-5-9-21)28-32(29,30)24-10-6-3-7-11-24/h2-18,26,28H,19H2,1H3. The summed E-state index contributed by atoms with van der Waals surface area (Å²) in [5.41, 5.74) is 3.67. The van der Waals surface area contributed by atoms with Crippen LogP contribution in [0.15, 0.2) is 108 Å². The van der Waals surface area contributed by atoms with Crippen molar-refractivity contribution in [3.63, 3.8) is 0 Å². The van der Waals surface area contributed by atoms with E-state index in [2.05, 4.69) is 9.71 Å². The van der Waals surface area contributed by atoms with E-state index in [4.69, 9.17) is 4.74 Å². The molecule has 4 rings (SSSR count). The largest absolute Gasteiger partial charge is 0.497 e. The summed E-state index contributed by atoms with van der Waals surface area (Å²) in [6, 6.07) is 29.2. The lowest BCUT2D eigenvalue weighted by Crippen LogP contribution is -2.30. The molecule has 162 valence electrons. The molecule has 0 amide bonds. The fourth-order valence-corrected chi connectivity index (χ4v) is 4.77. The number of ether oxygens (including phenoxy) is 1. The van der Waals surface area contributed by atoms with Gasteiger partial charge in [-0.1, -0.05) is 48.5 Å². The molecule has 0 aliphatic carbocycles. The Kier molecular flexibility index (Phi) is 6.63. The molecule has 3 aromatic carbocycles. The maximum absolute atomic E-state index is 13.0. The minimum absolute atomic E-state index is 0.245. The average Bonchev–Trinajstić information content (AvgIpc) is 2.85. The molecular weight excluding hydrogens is 420 g/mol. The van der Waals surface area contributed by atoms with Gasteiger partial charge in [0.15, 0.2) is 0 Å². The minimum Gasteiger partial charge on any atom is -0.497 e. The molecular formula is C26H24N2O3S. The number of rotatable bonds is 8. The van der Waals surface area contributed by atoms with Crippen LogP contribution in [0.3, 0.4) is 0 Å². The van der Waals surface area contributed by atoms with Gasteiger partial charge < -0.3 is 4.74 Å². The summed E-state index contributed by atoms with van der Waals surface area (Å²) in [5.74, 6) is 0.782. The van der Waals surface area contributed by atoms with Gasteiger partial charge >= 0.3 is 0 Å². The normalized spacial score (nSPS) is 12.3. The van der Waals surface area contributed by atoms with E-state index in [0.29, 0.717) is 6.42 Å². The van der Waals surface area contributed by atoms with Gasteiger partial charge in [0.25, 0.3) is 0 Å². The summed E-state index contributed by atoms with van der Waals surface area (Å²) < 4.78 is 34.2. The summed E-state index contributed by atoms with van der Waals surface area (Å²) in [6.45, 7) is 0. The number of hydrogen-bond donors (Lipinski definition) is 1. The molecule has 5 nitrogen and oxygen atoms in total. The number of nitrogens with zero attached hydrogens (tertiary/aromatic N) is 1. The quantitative estimate of drug-likeness (QED) is 0.414. The lowest BCUT2D eigenvalue weighted by atomic mass is 9.99. The lowest BCUT2D eigenvalue weighted by molar-refractivity contribution is 0.415. The second kappa shape index (κ2) is 9.77. The SMILES string of the molecule is COc1ccc(-c2cc(CC(NS(=O)(=O)c3ccccc3)c3ccccc3)ccn2)cc1. The van der Waals surface area contributed by atoms with Gasteiger partial charge in [-0.05, 0) is 66.1 Å². The Hall–Kier alpha value is -3.48. The Labute approximate surface area is 188 Å². The van der Waals surface area contributed by atoms with E-state index in [1.165, 1.54) is 0 Å². The molecule has 1 atom stereocenters. The first-order valence-electron chi connectivity index (χ1n) is 10.3. The molecule has 0 aliphatic heterocycles. The van der Waals surface area contributed by atoms with Crippen LogP contribution >= 0.6 is 0 Å². The zero-order chi connectivity index (χ0) is 22.4. The number of methoxy groups -OCH3 is 1. The van der Waals surface area contributed by atoms with Crippen LogP contribution in [0.2, 0.25) is 0 Å². The average molecular weight is 445 g/mol. The van der Waals surface area contributed by atoms with Gasteiger partial charge in [0, 0.05) is 11.8 Å². The van der Waals surface area contributed by atoms with Crippen LogP contribution in [-0.4, -0.2) is 20.5 Å². The number of hydrogen-bond acceptors (Lipinski definition) is 4. The molecule has 0 aliphatic rings. The number of aromatic nitrogens is 1. The minimum atomic E-state index is -3.68. The molecule has 0 saturated heterocycles. The van der Waals surface area contributed by atoms with E-state index in [1.54, 1.807) is 43.6 Å². The first-order valence-corrected chi connectivity index (χ1v) is 11.8. The highest BCUT2D eigenvalue weighted by Gasteiger charge is 2.22. The van der Waals surface area contributed by atoms with E-state index in [-0.39, 0.29) is 4.90 Å². The zero-order valence-corrected chi connectivity index (χ0v) is 18.5. The highest BCUT2D eigenvalue weighted by molar-refractivity contribution is 7.89. The van der Waals surface area contributed by atoms with Crippen molar-refractivity contribution in [1.82, 2.24) is 9.71 Å². The van der Waals surface area contributed by atoms with Crippen molar-refractivity contribution in [1.29, 1.82) is 0 Å². The van der Waals surface area contributed by atoms with Gasteiger partial charge in [-0.25, -0.2) is 13.1 Å². The Morgan fingerprint density at radius 2 is 1.53 bits per heavy atom. The lowest BCUT2D eigenvalue weighted by Gasteiger charge is -2.20. The predicted octanol–water partition coefficient (Wildman–Crippen LogP) is 5.02. The second-order valence-corrected chi connectivity index (χ2v) is 9.09. The molecule has 0 bridgehead atoms. The van der Waals surface area contributed by atoms with Crippen LogP contribution in [0.25, 0.3) is 11.3 Å². The fraction of sp³-hybridized carbons (Fsp3) is 0.115. The topological polar surface area (TPSA) is 68.3 Å². The summed E-state index contributed by atoms with van der Waals surface area (Å²) in [7, 11) is -2.04. The number of pyridine rings is 1. The molecule has 1 aromatic heterocycles. The molecule has 0 saturated carbocycles. The molecule has 1 N–H and O–H groups in total. The number of sulfonamides is 1. The van der Waals surface area contributed by atoms with Crippen molar-refractivity contribution >= 4 is 10.0 Å². The third-order valence-electron chi connectivity index (χ3n) is 5.20. The van der Waals surface area contributed by atoms with Crippen LogP contribution in [0.1, 0.15) is 17.2 Å². The van der Waals surface area contributed by atoms with Crippen LogP contribution in [-0.2, 0) is 16.4 Å². The van der Waals surface area contributed by atoms with Crippen molar-refractivity contribution in [2.75, 3.05) is 7.11 Å². The van der Waals surface area contributed by atoms with Crippen molar-refractivity contribution in [3.05, 3.63) is 114 Å². The molecule has 32 heavy (non-hydrogen) atoms. The number of nitrogens with one attached hydrogen (secondary N) is 1. The Morgan fingerprint density at radius 3 is 2.19 bits per heavy atom. The summed E-state index contributed by atoms with van der Waals surface area (Å²) >= 11 is 0. The molecule has 1 heterocycles. The molecule has 0 spiro atoms. The van der Waals surface area contributed by atoms with Gasteiger partial charge in [-0.15, -0.1) is 0 Å². The van der Waals surface area contributed by atoms with E-state index in [9.17, 15) is 8.42 Å². The predicted molar refractivity (Wildman–Crippen MR) is 126 cm³/mol. The summed E-state index contributed by atoms with van der Waals surface area (Å²) in [5, 5.41) is 0. The molecule has 4 aromatic rings. The van der Waals surface area contributed by atoms with Gasteiger partial charge in [0.2, 0.25) is 10.0 Å². The second-order valence-electron chi connectivity index (χ2n) is 7.38. The monoisotopic (exact) mass is 444 g/mol. The van der Waals surface area contributed by atoms with Crippen molar-refractivity contribution in [2.24, 2.45) is 0 Å². The third kappa shape index (κ3) is 5.22. The van der Waals surface area contributed by atoms with E-state index >= 15 is 0 Å². The smallest absolute Gasteiger partial charge is 0.241 e. The Bertz CT molecular complexity index is 1260. The number of benzene rings is 3. The maximum atomic E-state index is 13.0. The van der Waals surface area contributed by atoms with Crippen LogP contribution in [0, 0.1) is 0 Å². The van der Waals surface area contributed by atoms with Gasteiger partial charge in [-0.3, -0.25) is 4.98 Å². The molecule has 1 unspecified atom stereocenters. The first kappa shape index (κ1) is 21.7. The summed E-state index contributed by atoms with van der Waals surface area (Å²) in [4.78, 5) is 4.73. The van der Waals surface area contributed by atoms with Gasteiger partial charge in [0.05, 0.1) is 23.7 Å². The van der Waals surface area contributed by atoms with Crippen molar-refractivity contribution in [3.8, 4) is 17.0 Å². The van der Waals surface area contributed by atoms with Crippen molar-refractivity contribution < 1.29 is 13.2 Å². The van der Waals surface area contributed by atoms with E-state index < -0.39 is 16.1 Å². The van der Waals surface area contributed by atoms with Crippen LogP contribution in [0.4, 0.5) is 0 Å². The van der Waals surface area contributed by atoms with Crippen LogP contribution < -0.4 is 9.46 Å². The van der Waals surface area contributed by atoms with Gasteiger partial charge in [-0.2, -0.15) is 0 Å². The Morgan fingerprint density at radius 1 is 0.875 bits per heavy atom. The highest BCUT2D eigenvalue weighted by Crippen LogP contribution is 2.25. The van der Waals surface area contributed by atoms with E-state index in [0.717, 1.165) is 28.1 Å². The fourth-order valence-electron chi connectivity index (χ4n) is 3.52. The third-order valence-corrected chi connectivity index (χ3v) is 6.69. The molecule has 6 heteroatoms. The summed E-state index contributed by atoms with van der Waals surface area (Å²) in [6.07, 6.45) is 2.24. The van der Waals surface area contributed by atoms with Crippen LogP contribution in [0.5, 0.6) is 5.75 Å².